The fraction of sp³-hybridized carbons (Fsp3) is 0.286. The Balaban J connectivity index is 0.000000219. The van der Waals surface area contributed by atoms with E-state index in [0.717, 1.165) is 32.0 Å². The quantitative estimate of drug-likeness (QED) is 0.112. The molecule has 0 atom stereocenters. The van der Waals surface area contributed by atoms with E-state index in [4.69, 9.17) is 14.2 Å². The molecule has 2 aromatic heterocycles. The van der Waals surface area contributed by atoms with Crippen molar-refractivity contribution < 1.29 is 27.8 Å². The van der Waals surface area contributed by atoms with Crippen molar-refractivity contribution >= 4 is 29.6 Å². The van der Waals surface area contributed by atoms with Crippen LogP contribution in [0.3, 0.4) is 0 Å². The third-order valence-corrected chi connectivity index (χ3v) is 5.60. The molecular weight excluding hydrogens is 494 g/mol. The minimum absolute atomic E-state index is 0.120. The van der Waals surface area contributed by atoms with Gasteiger partial charge in [-0.3, -0.25) is 14.8 Å². The summed E-state index contributed by atoms with van der Waals surface area (Å²) >= 11 is 0. The van der Waals surface area contributed by atoms with E-state index in [0.29, 0.717) is 39.9 Å². The molecule has 8 nitrogen and oxygen atoms in total. The topological polar surface area (TPSA) is 94.9 Å². The Morgan fingerprint density at radius 3 is 2.37 bits per heavy atom. The van der Waals surface area contributed by atoms with Crippen LogP contribution in [0, 0.1) is 11.6 Å². The van der Waals surface area contributed by atoms with Gasteiger partial charge in [-0.1, -0.05) is 0 Å². The van der Waals surface area contributed by atoms with Crippen LogP contribution in [-0.4, -0.2) is 42.2 Å². The minimum atomic E-state index is -0.803. The van der Waals surface area contributed by atoms with Crippen LogP contribution in [0.2, 0.25) is 0 Å². The number of carbonyl (C=O) groups is 1. The first-order valence-corrected chi connectivity index (χ1v) is 12.2. The number of aliphatic imine (C=N–C) groups is 1. The van der Waals surface area contributed by atoms with Gasteiger partial charge in [-0.15, -0.1) is 0 Å². The molecule has 0 aliphatic heterocycles. The lowest BCUT2D eigenvalue weighted by Gasteiger charge is -2.13. The number of halogens is 2. The normalized spacial score (nSPS) is 15.3. The highest BCUT2D eigenvalue weighted by Gasteiger charge is 2.26. The number of ether oxygens (including phenoxy) is 3. The predicted molar refractivity (Wildman–Crippen MR) is 141 cm³/mol. The van der Waals surface area contributed by atoms with E-state index in [9.17, 15) is 13.6 Å². The monoisotopic (exact) mass is 522 g/mol. The average molecular weight is 523 g/mol. The molecule has 1 aromatic carbocycles. The van der Waals surface area contributed by atoms with E-state index < -0.39 is 17.4 Å². The van der Waals surface area contributed by atoms with Crippen molar-refractivity contribution in [2.24, 2.45) is 4.99 Å². The first-order chi connectivity index (χ1) is 18.5. The molecule has 2 heterocycles. The number of aromatic nitrogens is 2. The fourth-order valence-corrected chi connectivity index (χ4v) is 3.39. The van der Waals surface area contributed by atoms with Crippen LogP contribution in [-0.2, 0) is 9.53 Å². The number of nitrogens with zero attached hydrogens (tertiary/aromatic N) is 3. The smallest absolute Gasteiger partial charge is 0.227 e. The lowest BCUT2D eigenvalue weighted by atomic mass is 10.2. The number of benzene rings is 1. The molecule has 0 spiro atoms. The Kier molecular flexibility index (Phi) is 8.62. The summed E-state index contributed by atoms with van der Waals surface area (Å²) in [5.41, 5.74) is 1.35. The summed E-state index contributed by atoms with van der Waals surface area (Å²) in [6, 6.07) is 5.57. The zero-order valence-corrected chi connectivity index (χ0v) is 21.1. The zero-order chi connectivity index (χ0) is 27.1. The lowest BCUT2D eigenvalue weighted by Crippen LogP contribution is -2.01. The van der Waals surface area contributed by atoms with Gasteiger partial charge < -0.3 is 19.5 Å². The van der Waals surface area contributed by atoms with Gasteiger partial charge in [0.25, 0.3) is 0 Å². The first kappa shape index (κ1) is 26.7. The second-order valence-electron chi connectivity index (χ2n) is 8.61. The molecule has 3 aromatic rings. The Morgan fingerprint density at radius 2 is 1.79 bits per heavy atom. The van der Waals surface area contributed by atoms with E-state index in [2.05, 4.69) is 27.0 Å². The van der Waals surface area contributed by atoms with Gasteiger partial charge in [-0.25, -0.2) is 13.8 Å². The third kappa shape index (κ3) is 6.70. The summed E-state index contributed by atoms with van der Waals surface area (Å²) in [4.78, 5) is 22.6. The Hall–Kier alpha value is -4.34. The summed E-state index contributed by atoms with van der Waals surface area (Å²) in [6.45, 7) is 5.12. The van der Waals surface area contributed by atoms with Crippen molar-refractivity contribution in [3.8, 4) is 17.4 Å². The number of carbonyl (C=O) groups excluding carboxylic acids is 1. The maximum absolute atomic E-state index is 14.2. The van der Waals surface area contributed by atoms with E-state index in [1.807, 2.05) is 6.92 Å². The van der Waals surface area contributed by atoms with Crippen LogP contribution >= 0.6 is 0 Å². The number of pyridine rings is 2. The number of nitrogens with one attached hydrogen (secondary N) is 1. The standard InChI is InChI=1S/C18H15F2N3O2.C10H13NO2/c1-21-10-8-12(19)17(13(20)9-10)25-15-5-7-22-14-4-6-23-18(16(14)15)24-11-2-3-11;1-3-10(13-9-4-5-9)8(7-12)6-11-2/h4-9,11,21H,2-3H2,1H3;3,6-7,9H,2,4-5H2,1H3/b;8-6-,10-3+. The molecule has 198 valence electrons. The largest absolute Gasteiger partial charge is 0.490 e. The van der Waals surface area contributed by atoms with Gasteiger partial charge in [0.05, 0.1) is 17.2 Å². The second-order valence-corrected chi connectivity index (χ2v) is 8.61. The number of allylic oxidation sites excluding steroid dienone is 2. The van der Waals surface area contributed by atoms with Crippen molar-refractivity contribution in [2.45, 2.75) is 44.8 Å². The third-order valence-electron chi connectivity index (χ3n) is 5.60. The van der Waals surface area contributed by atoms with E-state index in [1.165, 1.54) is 30.6 Å². The molecule has 1 N–H and O–H groups in total. The highest BCUT2D eigenvalue weighted by Crippen LogP contribution is 2.38. The fourth-order valence-electron chi connectivity index (χ4n) is 3.39. The predicted octanol–water partition coefficient (Wildman–Crippen LogP) is 6.14. The average Bonchev–Trinajstić information content (AvgIpc) is 3.85. The summed E-state index contributed by atoms with van der Waals surface area (Å²) in [6.07, 6.45) is 11.5. The van der Waals surface area contributed by atoms with Crippen molar-refractivity contribution in [2.75, 3.05) is 12.4 Å². The molecule has 2 aliphatic rings. The van der Waals surface area contributed by atoms with Crippen LogP contribution in [0.15, 0.2) is 65.3 Å². The van der Waals surface area contributed by atoms with E-state index in [-0.39, 0.29) is 11.9 Å². The molecule has 2 saturated carbocycles. The maximum atomic E-state index is 14.2. The van der Waals surface area contributed by atoms with Gasteiger partial charge >= 0.3 is 0 Å². The van der Waals surface area contributed by atoms with Crippen LogP contribution in [0.4, 0.5) is 14.5 Å². The van der Waals surface area contributed by atoms with E-state index in [1.54, 1.807) is 25.4 Å². The Morgan fingerprint density at radius 1 is 1.11 bits per heavy atom. The molecule has 5 rings (SSSR count). The molecule has 38 heavy (non-hydrogen) atoms. The van der Waals surface area contributed by atoms with Gasteiger partial charge in [0.1, 0.15) is 23.0 Å². The lowest BCUT2D eigenvalue weighted by molar-refractivity contribution is -0.105. The molecule has 2 aliphatic carbocycles. The zero-order valence-electron chi connectivity index (χ0n) is 21.1. The van der Waals surface area contributed by atoms with E-state index >= 15 is 0 Å². The number of hydrogen-bond donors (Lipinski definition) is 1. The van der Waals surface area contributed by atoms with Crippen molar-refractivity contribution in [1.29, 1.82) is 0 Å². The number of fused-ring (bicyclic) bond motifs is 1. The SMILES string of the molecule is C=N/C=C(C=O)\C(=C/C)OC1CC1.CNc1cc(F)c(Oc2ccnc3ccnc(OC4CC4)c23)c(F)c1. The maximum Gasteiger partial charge on any atom is 0.227 e. The number of anilines is 1. The van der Waals surface area contributed by atoms with Gasteiger partial charge in [-0.05, 0) is 57.5 Å². The minimum Gasteiger partial charge on any atom is -0.490 e. The second kappa shape index (κ2) is 12.3. The van der Waals surface area contributed by atoms with Gasteiger partial charge in [-0.2, -0.15) is 0 Å². The van der Waals surface area contributed by atoms with Crippen LogP contribution in [0.1, 0.15) is 32.6 Å². The van der Waals surface area contributed by atoms with Gasteiger partial charge in [0.15, 0.2) is 23.7 Å². The number of hydrogen-bond acceptors (Lipinski definition) is 8. The van der Waals surface area contributed by atoms with Gasteiger partial charge in [0.2, 0.25) is 5.88 Å². The van der Waals surface area contributed by atoms with Crippen LogP contribution < -0.4 is 14.8 Å². The van der Waals surface area contributed by atoms with Crippen molar-refractivity contribution in [1.82, 2.24) is 9.97 Å². The summed E-state index contributed by atoms with van der Waals surface area (Å²) in [5, 5.41) is 3.19. The van der Waals surface area contributed by atoms with Crippen molar-refractivity contribution in [3.05, 3.63) is 71.9 Å². The van der Waals surface area contributed by atoms with Gasteiger partial charge in [0, 0.05) is 43.5 Å². The molecule has 0 unspecified atom stereocenters. The molecule has 2 fully saturated rings. The molecule has 0 bridgehead atoms. The summed E-state index contributed by atoms with van der Waals surface area (Å²) < 4.78 is 45.3. The molecular formula is C28H28F2N4O4. The summed E-state index contributed by atoms with van der Waals surface area (Å²) in [5.74, 6) is -0.886. The van der Waals surface area contributed by atoms with Crippen LogP contribution in [0.5, 0.6) is 17.4 Å². The summed E-state index contributed by atoms with van der Waals surface area (Å²) in [7, 11) is 1.58. The van der Waals surface area contributed by atoms with Crippen LogP contribution in [0.25, 0.3) is 10.9 Å². The van der Waals surface area contributed by atoms with Crippen molar-refractivity contribution in [3.63, 3.8) is 0 Å². The molecule has 0 saturated heterocycles. The highest BCUT2D eigenvalue weighted by atomic mass is 19.1. The molecule has 10 heteroatoms. The Bertz CT molecular complexity index is 1360. The first-order valence-electron chi connectivity index (χ1n) is 12.2. The molecule has 0 radical (unpaired) electrons. The highest BCUT2D eigenvalue weighted by molar-refractivity contribution is 5.89. The molecule has 0 amide bonds. The number of aldehydes is 1. The Labute approximate surface area is 219 Å². The number of rotatable bonds is 10.